The summed E-state index contributed by atoms with van der Waals surface area (Å²) in [5.41, 5.74) is 8.19. The van der Waals surface area contributed by atoms with E-state index in [1.807, 2.05) is 13.1 Å². The van der Waals surface area contributed by atoms with E-state index >= 15 is 0 Å². The maximum atomic E-state index is 11.0. The Kier molecular flexibility index (Phi) is 3.58. The van der Waals surface area contributed by atoms with Crippen molar-refractivity contribution in [1.29, 1.82) is 0 Å². The number of aromatic nitrogens is 1. The zero-order valence-electron chi connectivity index (χ0n) is 11.8. The molecule has 1 aromatic heterocycles. The Bertz CT molecular complexity index is 668. The summed E-state index contributed by atoms with van der Waals surface area (Å²) in [7, 11) is 1.98. The first-order chi connectivity index (χ1) is 10.2. The predicted molar refractivity (Wildman–Crippen MR) is 79.4 cm³/mol. The summed E-state index contributed by atoms with van der Waals surface area (Å²) >= 11 is 0. The molecule has 0 bridgehead atoms. The Morgan fingerprint density at radius 3 is 2.90 bits per heavy atom. The first-order valence-corrected chi connectivity index (χ1v) is 6.91. The molecule has 5 heteroatoms. The summed E-state index contributed by atoms with van der Waals surface area (Å²) in [5.74, 6) is 0.706. The van der Waals surface area contributed by atoms with E-state index < -0.39 is 5.91 Å². The number of benzene rings is 1. The molecule has 5 nitrogen and oxygen atoms in total. The largest absolute Gasteiger partial charge is 0.439 e. The van der Waals surface area contributed by atoms with Gasteiger partial charge in [0.1, 0.15) is 5.75 Å². The van der Waals surface area contributed by atoms with Crippen molar-refractivity contribution in [1.82, 2.24) is 10.3 Å². The number of hydrogen-bond acceptors (Lipinski definition) is 4. The standard InChI is InChI=1S/C16H17N3O2/c1-18-14-6-2-10-8-12(4-5-13(10)14)21-15-7-3-11(9-19-15)16(17)20/h3-5,7-9,14,18H,2,6H2,1H3,(H2,17,20). The average molecular weight is 283 g/mol. The summed E-state index contributed by atoms with van der Waals surface area (Å²) in [6.07, 6.45) is 3.58. The van der Waals surface area contributed by atoms with Gasteiger partial charge in [-0.1, -0.05) is 6.07 Å². The Labute approximate surface area is 123 Å². The molecule has 21 heavy (non-hydrogen) atoms. The number of aryl methyl sites for hydroxylation is 1. The Hall–Kier alpha value is -2.40. The lowest BCUT2D eigenvalue weighted by Gasteiger charge is -2.11. The molecule has 1 aromatic carbocycles. The van der Waals surface area contributed by atoms with Crippen molar-refractivity contribution in [2.24, 2.45) is 5.73 Å². The lowest BCUT2D eigenvalue weighted by Crippen LogP contribution is -2.12. The predicted octanol–water partition coefficient (Wildman–Crippen LogP) is 2.18. The monoisotopic (exact) mass is 283 g/mol. The van der Waals surface area contributed by atoms with E-state index in [0.717, 1.165) is 18.6 Å². The molecule has 0 saturated heterocycles. The van der Waals surface area contributed by atoms with Crippen molar-refractivity contribution < 1.29 is 9.53 Å². The van der Waals surface area contributed by atoms with Gasteiger partial charge in [-0.15, -0.1) is 0 Å². The lowest BCUT2D eigenvalue weighted by molar-refractivity contribution is 0.1000. The topological polar surface area (TPSA) is 77.2 Å². The minimum Gasteiger partial charge on any atom is -0.439 e. The van der Waals surface area contributed by atoms with Crippen LogP contribution < -0.4 is 15.8 Å². The molecular weight excluding hydrogens is 266 g/mol. The number of nitrogens with one attached hydrogen (secondary N) is 1. The van der Waals surface area contributed by atoms with E-state index in [4.69, 9.17) is 10.5 Å². The van der Waals surface area contributed by atoms with Crippen LogP contribution in [0, 0.1) is 0 Å². The zero-order valence-corrected chi connectivity index (χ0v) is 11.8. The number of primary amides is 1. The first kappa shape index (κ1) is 13.6. The van der Waals surface area contributed by atoms with Crippen LogP contribution in [0.1, 0.15) is 33.9 Å². The number of ether oxygens (including phenoxy) is 1. The van der Waals surface area contributed by atoms with Crippen LogP contribution in [0.5, 0.6) is 11.6 Å². The van der Waals surface area contributed by atoms with Crippen LogP contribution in [0.3, 0.4) is 0 Å². The number of amides is 1. The van der Waals surface area contributed by atoms with Gasteiger partial charge in [-0.2, -0.15) is 0 Å². The van der Waals surface area contributed by atoms with Gasteiger partial charge in [0.25, 0.3) is 0 Å². The summed E-state index contributed by atoms with van der Waals surface area (Å²) in [6, 6.07) is 9.77. The van der Waals surface area contributed by atoms with Crippen molar-refractivity contribution in [2.45, 2.75) is 18.9 Å². The van der Waals surface area contributed by atoms with Gasteiger partial charge < -0.3 is 15.8 Å². The van der Waals surface area contributed by atoms with E-state index in [2.05, 4.69) is 22.4 Å². The van der Waals surface area contributed by atoms with E-state index in [-0.39, 0.29) is 0 Å². The molecule has 0 aliphatic heterocycles. The van der Waals surface area contributed by atoms with Gasteiger partial charge in [-0.25, -0.2) is 4.98 Å². The van der Waals surface area contributed by atoms with Crippen molar-refractivity contribution in [3.05, 3.63) is 53.2 Å². The number of nitrogens with two attached hydrogens (primary N) is 1. The van der Waals surface area contributed by atoms with Crippen LogP contribution in [0.25, 0.3) is 0 Å². The van der Waals surface area contributed by atoms with E-state index in [9.17, 15) is 4.79 Å². The minimum atomic E-state index is -0.496. The molecule has 108 valence electrons. The van der Waals surface area contributed by atoms with Gasteiger partial charge in [0.2, 0.25) is 11.8 Å². The van der Waals surface area contributed by atoms with Gasteiger partial charge in [0, 0.05) is 18.3 Å². The fraction of sp³-hybridized carbons (Fsp3) is 0.250. The number of carbonyl (C=O) groups excluding carboxylic acids is 1. The normalized spacial score (nSPS) is 16.5. The summed E-state index contributed by atoms with van der Waals surface area (Å²) in [6.45, 7) is 0. The quantitative estimate of drug-likeness (QED) is 0.901. The van der Waals surface area contributed by atoms with E-state index in [1.54, 1.807) is 12.1 Å². The highest BCUT2D eigenvalue weighted by Gasteiger charge is 2.21. The highest BCUT2D eigenvalue weighted by molar-refractivity contribution is 5.92. The van der Waals surface area contributed by atoms with Crippen LogP contribution in [0.4, 0.5) is 0 Å². The van der Waals surface area contributed by atoms with Gasteiger partial charge >= 0.3 is 0 Å². The molecule has 1 atom stereocenters. The van der Waals surface area contributed by atoms with Crippen molar-refractivity contribution in [2.75, 3.05) is 7.05 Å². The smallest absolute Gasteiger partial charge is 0.250 e. The molecular formula is C16H17N3O2. The van der Waals surface area contributed by atoms with Crippen LogP contribution >= 0.6 is 0 Å². The second kappa shape index (κ2) is 5.54. The van der Waals surface area contributed by atoms with Crippen LogP contribution in [-0.2, 0) is 6.42 Å². The van der Waals surface area contributed by atoms with Gasteiger partial charge in [-0.3, -0.25) is 4.79 Å². The molecule has 3 rings (SSSR count). The maximum absolute atomic E-state index is 11.0. The van der Waals surface area contributed by atoms with E-state index in [1.165, 1.54) is 17.3 Å². The van der Waals surface area contributed by atoms with Gasteiger partial charge in [-0.05, 0) is 49.2 Å². The summed E-state index contributed by atoms with van der Waals surface area (Å²) in [5, 5.41) is 3.31. The fourth-order valence-electron chi connectivity index (χ4n) is 2.66. The molecule has 1 amide bonds. The number of rotatable bonds is 4. The fourth-order valence-corrected chi connectivity index (χ4v) is 2.66. The Morgan fingerprint density at radius 2 is 2.24 bits per heavy atom. The molecule has 2 aromatic rings. The molecule has 3 N–H and O–H groups in total. The number of pyridine rings is 1. The molecule has 0 spiro atoms. The second-order valence-corrected chi connectivity index (χ2v) is 5.09. The number of hydrogen-bond donors (Lipinski definition) is 2. The molecule has 1 aliphatic rings. The molecule has 1 heterocycles. The molecule has 0 saturated carbocycles. The number of fused-ring (bicyclic) bond motifs is 1. The van der Waals surface area contributed by atoms with Crippen molar-refractivity contribution >= 4 is 5.91 Å². The van der Waals surface area contributed by atoms with Crippen molar-refractivity contribution in [3.8, 4) is 11.6 Å². The highest BCUT2D eigenvalue weighted by Crippen LogP contribution is 2.34. The zero-order chi connectivity index (χ0) is 14.8. The average Bonchev–Trinajstić information content (AvgIpc) is 2.90. The number of nitrogens with zero attached hydrogens (tertiary/aromatic N) is 1. The third-order valence-electron chi connectivity index (χ3n) is 3.78. The highest BCUT2D eigenvalue weighted by atomic mass is 16.5. The first-order valence-electron chi connectivity index (χ1n) is 6.91. The SMILES string of the molecule is CNC1CCc2cc(Oc3ccc(C(N)=O)cn3)ccc21. The van der Waals surface area contributed by atoms with Gasteiger partial charge in [0.05, 0.1) is 5.56 Å². The summed E-state index contributed by atoms with van der Waals surface area (Å²) < 4.78 is 5.72. The molecule has 1 aliphatic carbocycles. The third-order valence-corrected chi connectivity index (χ3v) is 3.78. The molecule has 0 radical (unpaired) electrons. The van der Waals surface area contributed by atoms with Crippen LogP contribution in [-0.4, -0.2) is 17.9 Å². The Balaban J connectivity index is 1.78. The maximum Gasteiger partial charge on any atom is 0.250 e. The van der Waals surface area contributed by atoms with Crippen LogP contribution in [0.2, 0.25) is 0 Å². The van der Waals surface area contributed by atoms with E-state index in [0.29, 0.717) is 17.5 Å². The van der Waals surface area contributed by atoms with Crippen molar-refractivity contribution in [3.63, 3.8) is 0 Å². The summed E-state index contributed by atoms with van der Waals surface area (Å²) in [4.78, 5) is 15.1. The van der Waals surface area contributed by atoms with Gasteiger partial charge in [0.15, 0.2) is 0 Å². The number of carbonyl (C=O) groups is 1. The Morgan fingerprint density at radius 1 is 1.38 bits per heavy atom. The minimum absolute atomic E-state index is 0.369. The third kappa shape index (κ3) is 2.73. The molecule has 0 fully saturated rings. The lowest BCUT2D eigenvalue weighted by atomic mass is 10.1. The second-order valence-electron chi connectivity index (χ2n) is 5.09. The van der Waals surface area contributed by atoms with Crippen LogP contribution in [0.15, 0.2) is 36.5 Å². The molecule has 1 unspecified atom stereocenters.